The van der Waals surface area contributed by atoms with Gasteiger partial charge in [-0.25, -0.2) is 0 Å². The van der Waals surface area contributed by atoms with Gasteiger partial charge in [0.25, 0.3) is 0 Å². The molecule has 0 radical (unpaired) electrons. The summed E-state index contributed by atoms with van der Waals surface area (Å²) in [4.78, 5) is 0. The molecular weight excluding hydrogens is 232 g/mol. The summed E-state index contributed by atoms with van der Waals surface area (Å²) in [5.74, 6) is 0.669. The summed E-state index contributed by atoms with van der Waals surface area (Å²) in [6.07, 6.45) is 7.99. The molecular formula is C14H15ClN2. The Morgan fingerprint density at radius 1 is 1.41 bits per heavy atom. The highest BCUT2D eigenvalue weighted by Gasteiger charge is 2.10. The van der Waals surface area contributed by atoms with Gasteiger partial charge in [0.1, 0.15) is 6.07 Å². The molecule has 2 nitrogen and oxygen atoms in total. The van der Waals surface area contributed by atoms with Gasteiger partial charge in [0, 0.05) is 11.6 Å². The fourth-order valence-electron chi connectivity index (χ4n) is 2.06. The Morgan fingerprint density at radius 3 is 3.00 bits per heavy atom. The summed E-state index contributed by atoms with van der Waals surface area (Å²) in [5, 5.41) is 13.0. The van der Waals surface area contributed by atoms with Crippen molar-refractivity contribution < 1.29 is 0 Å². The zero-order valence-corrected chi connectivity index (χ0v) is 10.4. The fraction of sp³-hybridized carbons (Fsp3) is 0.357. The van der Waals surface area contributed by atoms with Crippen molar-refractivity contribution in [2.24, 2.45) is 5.92 Å². The third kappa shape index (κ3) is 3.25. The van der Waals surface area contributed by atoms with E-state index < -0.39 is 0 Å². The second-order valence-electron chi connectivity index (χ2n) is 4.33. The number of nitrogens with one attached hydrogen (secondary N) is 1. The molecule has 0 saturated carbocycles. The highest BCUT2D eigenvalue weighted by Crippen LogP contribution is 2.22. The number of benzene rings is 1. The SMILES string of the molecule is N#Cc1cc(Cl)ccc1NCC1CC=CCC1. The summed E-state index contributed by atoms with van der Waals surface area (Å²) in [7, 11) is 0. The second kappa shape index (κ2) is 5.75. The van der Waals surface area contributed by atoms with Gasteiger partial charge < -0.3 is 5.32 Å². The van der Waals surface area contributed by atoms with Crippen molar-refractivity contribution >= 4 is 17.3 Å². The van der Waals surface area contributed by atoms with E-state index in [0.29, 0.717) is 16.5 Å². The number of nitriles is 1. The molecule has 1 N–H and O–H groups in total. The van der Waals surface area contributed by atoms with E-state index in [1.807, 2.05) is 12.1 Å². The maximum Gasteiger partial charge on any atom is 0.101 e. The first kappa shape index (κ1) is 12.0. The zero-order chi connectivity index (χ0) is 12.1. The smallest absolute Gasteiger partial charge is 0.101 e. The first-order valence-corrected chi connectivity index (χ1v) is 6.26. The minimum Gasteiger partial charge on any atom is -0.384 e. The van der Waals surface area contributed by atoms with Gasteiger partial charge in [-0.3, -0.25) is 0 Å². The van der Waals surface area contributed by atoms with Gasteiger partial charge in [0.2, 0.25) is 0 Å². The first-order valence-electron chi connectivity index (χ1n) is 5.88. The Labute approximate surface area is 107 Å². The van der Waals surface area contributed by atoms with Crippen LogP contribution in [0.5, 0.6) is 0 Å². The van der Waals surface area contributed by atoms with Gasteiger partial charge in [-0.15, -0.1) is 0 Å². The fourth-order valence-corrected chi connectivity index (χ4v) is 2.23. The minimum absolute atomic E-state index is 0.604. The minimum atomic E-state index is 0.604. The van der Waals surface area contributed by atoms with E-state index in [9.17, 15) is 0 Å². The number of hydrogen-bond donors (Lipinski definition) is 1. The lowest BCUT2D eigenvalue weighted by Crippen LogP contribution is -2.15. The zero-order valence-electron chi connectivity index (χ0n) is 9.62. The number of nitrogens with zero attached hydrogens (tertiary/aromatic N) is 1. The predicted octanol–water partition coefficient (Wildman–Crippen LogP) is 3.98. The topological polar surface area (TPSA) is 35.8 Å². The van der Waals surface area contributed by atoms with Crippen molar-refractivity contribution in [3.63, 3.8) is 0 Å². The molecule has 0 bridgehead atoms. The Hall–Kier alpha value is -1.46. The van der Waals surface area contributed by atoms with Crippen LogP contribution < -0.4 is 5.32 Å². The predicted molar refractivity (Wildman–Crippen MR) is 71.1 cm³/mol. The van der Waals surface area contributed by atoms with E-state index >= 15 is 0 Å². The molecule has 1 aromatic rings. The Balaban J connectivity index is 1.99. The van der Waals surface area contributed by atoms with Gasteiger partial charge in [-0.05, 0) is 43.4 Å². The molecule has 0 aromatic heterocycles. The molecule has 1 unspecified atom stereocenters. The van der Waals surface area contributed by atoms with Gasteiger partial charge in [-0.2, -0.15) is 5.26 Å². The van der Waals surface area contributed by atoms with Crippen LogP contribution in [0.1, 0.15) is 24.8 Å². The van der Waals surface area contributed by atoms with Crippen LogP contribution in [0.3, 0.4) is 0 Å². The van der Waals surface area contributed by atoms with Crippen LogP contribution in [0.25, 0.3) is 0 Å². The maximum absolute atomic E-state index is 9.02. The molecule has 1 aliphatic carbocycles. The Kier molecular flexibility index (Phi) is 4.06. The summed E-state index contributed by atoms with van der Waals surface area (Å²) >= 11 is 5.86. The molecule has 3 heteroatoms. The van der Waals surface area contributed by atoms with Crippen molar-refractivity contribution in [1.29, 1.82) is 5.26 Å². The quantitative estimate of drug-likeness (QED) is 0.819. The molecule has 0 fully saturated rings. The largest absolute Gasteiger partial charge is 0.384 e. The second-order valence-corrected chi connectivity index (χ2v) is 4.77. The van der Waals surface area contributed by atoms with Gasteiger partial charge in [0.05, 0.1) is 11.3 Å². The molecule has 17 heavy (non-hydrogen) atoms. The number of rotatable bonds is 3. The number of allylic oxidation sites excluding steroid dienone is 2. The van der Waals surface area contributed by atoms with E-state index in [4.69, 9.17) is 16.9 Å². The van der Waals surface area contributed by atoms with Crippen LogP contribution in [0.2, 0.25) is 5.02 Å². The highest BCUT2D eigenvalue weighted by atomic mass is 35.5. The molecule has 0 heterocycles. The summed E-state index contributed by atoms with van der Waals surface area (Å²) in [6.45, 7) is 0.917. The van der Waals surface area contributed by atoms with Crippen LogP contribution in [0, 0.1) is 17.2 Å². The number of anilines is 1. The lowest BCUT2D eigenvalue weighted by atomic mass is 9.94. The van der Waals surface area contributed by atoms with E-state index in [2.05, 4.69) is 23.5 Å². The van der Waals surface area contributed by atoms with Crippen molar-refractivity contribution in [3.05, 3.63) is 40.9 Å². The monoisotopic (exact) mass is 246 g/mol. The number of halogens is 1. The van der Waals surface area contributed by atoms with Crippen molar-refractivity contribution in [1.82, 2.24) is 0 Å². The van der Waals surface area contributed by atoms with Crippen molar-refractivity contribution in [2.45, 2.75) is 19.3 Å². The third-order valence-corrected chi connectivity index (χ3v) is 3.30. The highest BCUT2D eigenvalue weighted by molar-refractivity contribution is 6.30. The average Bonchev–Trinajstić information content (AvgIpc) is 2.38. The first-order chi connectivity index (χ1) is 8.29. The third-order valence-electron chi connectivity index (χ3n) is 3.06. The molecule has 2 rings (SSSR count). The van der Waals surface area contributed by atoms with Crippen LogP contribution in [-0.2, 0) is 0 Å². The van der Waals surface area contributed by atoms with Crippen LogP contribution in [-0.4, -0.2) is 6.54 Å². The van der Waals surface area contributed by atoms with Gasteiger partial charge in [0.15, 0.2) is 0 Å². The van der Waals surface area contributed by atoms with Gasteiger partial charge in [-0.1, -0.05) is 23.8 Å². The van der Waals surface area contributed by atoms with Crippen LogP contribution >= 0.6 is 11.6 Å². The van der Waals surface area contributed by atoms with E-state index in [0.717, 1.165) is 25.1 Å². The summed E-state index contributed by atoms with van der Waals surface area (Å²) in [6, 6.07) is 7.55. The average molecular weight is 247 g/mol. The molecule has 1 atom stereocenters. The van der Waals surface area contributed by atoms with E-state index in [-0.39, 0.29) is 0 Å². The van der Waals surface area contributed by atoms with E-state index in [1.165, 1.54) is 6.42 Å². The van der Waals surface area contributed by atoms with Crippen molar-refractivity contribution in [2.75, 3.05) is 11.9 Å². The van der Waals surface area contributed by atoms with Crippen LogP contribution in [0.4, 0.5) is 5.69 Å². The van der Waals surface area contributed by atoms with Crippen LogP contribution in [0.15, 0.2) is 30.4 Å². The molecule has 0 saturated heterocycles. The molecule has 0 aliphatic heterocycles. The van der Waals surface area contributed by atoms with E-state index in [1.54, 1.807) is 6.07 Å². The molecule has 0 amide bonds. The standard InChI is InChI=1S/C14H15ClN2/c15-13-6-7-14(12(8-13)9-16)17-10-11-4-2-1-3-5-11/h1-2,6-8,11,17H,3-5,10H2. The molecule has 1 aliphatic rings. The lowest BCUT2D eigenvalue weighted by molar-refractivity contribution is 0.504. The molecule has 0 spiro atoms. The Morgan fingerprint density at radius 2 is 2.29 bits per heavy atom. The summed E-state index contributed by atoms with van der Waals surface area (Å²) in [5.41, 5.74) is 1.50. The molecule has 88 valence electrons. The Bertz CT molecular complexity index is 460. The van der Waals surface area contributed by atoms with Crippen molar-refractivity contribution in [3.8, 4) is 6.07 Å². The summed E-state index contributed by atoms with van der Waals surface area (Å²) < 4.78 is 0. The van der Waals surface area contributed by atoms with Gasteiger partial charge >= 0.3 is 0 Å². The normalized spacial score (nSPS) is 18.7. The lowest BCUT2D eigenvalue weighted by Gasteiger charge is -2.19. The number of hydrogen-bond acceptors (Lipinski definition) is 2. The molecule has 1 aromatic carbocycles. The maximum atomic E-state index is 9.02.